The fraction of sp³-hybridized carbons (Fsp3) is 0.389. The van der Waals surface area contributed by atoms with Crippen molar-refractivity contribution < 1.29 is 7.65 Å². The van der Waals surface area contributed by atoms with Crippen molar-refractivity contribution in [2.75, 3.05) is 0 Å². The number of benzene rings is 2. The van der Waals surface area contributed by atoms with E-state index in [1.54, 1.807) is 0 Å². The molecule has 4 N–H and O–H groups in total. The lowest BCUT2D eigenvalue weighted by Gasteiger charge is -1.99. The van der Waals surface area contributed by atoms with E-state index in [0.717, 1.165) is 12.8 Å². The van der Waals surface area contributed by atoms with E-state index in [1.165, 1.54) is 16.3 Å². The highest BCUT2D eigenvalue weighted by Gasteiger charge is 1.92. The second-order valence-corrected chi connectivity index (χ2v) is 4.46. The maximum atomic E-state index is 9.98. The van der Waals surface area contributed by atoms with E-state index in [4.69, 9.17) is 11.5 Å². The van der Waals surface area contributed by atoms with Crippen LogP contribution in [-0.2, 0) is 11.3 Å². The number of carbonyl (C=O) groups is 1. The van der Waals surface area contributed by atoms with Crippen LogP contribution in [0.4, 0.5) is 0 Å². The van der Waals surface area contributed by atoms with Gasteiger partial charge in [0.2, 0.25) is 5.91 Å². The van der Waals surface area contributed by atoms with E-state index in [2.05, 4.69) is 30.3 Å². The standard InChI is InChI=1S/C11H11N.C5H11NO.C2H6.2H2/c12-8-9-5-6-10-3-1-2-4-11(10)7-9;1-2-3-4-5(6)7;1-2;;/h1-7H,8,12H2;2-4H2,1H3,(H2,6,7);1-2H3;2*1H. The normalized spacial score (nSPS) is 9.14. The molecule has 0 bridgehead atoms. The zero-order valence-electron chi connectivity index (χ0n) is 13.4. The third kappa shape index (κ3) is 8.10. The van der Waals surface area contributed by atoms with Crippen molar-refractivity contribution in [1.29, 1.82) is 0 Å². The Labute approximate surface area is 131 Å². The van der Waals surface area contributed by atoms with Gasteiger partial charge in [-0.2, -0.15) is 0 Å². The summed E-state index contributed by atoms with van der Waals surface area (Å²) >= 11 is 0. The zero-order valence-corrected chi connectivity index (χ0v) is 13.4. The molecule has 1 amide bonds. The number of amides is 1. The quantitative estimate of drug-likeness (QED) is 0.872. The number of hydrogen-bond acceptors (Lipinski definition) is 2. The summed E-state index contributed by atoms with van der Waals surface area (Å²) in [5.74, 6) is -0.193. The third-order valence-electron chi connectivity index (χ3n) is 2.83. The van der Waals surface area contributed by atoms with Gasteiger partial charge in [-0.1, -0.05) is 63.6 Å². The van der Waals surface area contributed by atoms with Gasteiger partial charge in [-0.3, -0.25) is 4.79 Å². The van der Waals surface area contributed by atoms with Gasteiger partial charge in [0.1, 0.15) is 0 Å². The molecular weight excluding hydrogens is 260 g/mol. The minimum atomic E-state index is -0.193. The van der Waals surface area contributed by atoms with Crippen LogP contribution in [0.1, 0.15) is 48.5 Å². The molecule has 3 nitrogen and oxygen atoms in total. The van der Waals surface area contributed by atoms with Crippen LogP contribution in [0.5, 0.6) is 0 Å². The highest BCUT2D eigenvalue weighted by atomic mass is 16.1. The van der Waals surface area contributed by atoms with Crippen LogP contribution < -0.4 is 11.5 Å². The maximum absolute atomic E-state index is 9.98. The van der Waals surface area contributed by atoms with Crippen molar-refractivity contribution >= 4 is 16.7 Å². The average Bonchev–Trinajstić information content (AvgIpc) is 2.54. The summed E-state index contributed by atoms with van der Waals surface area (Å²) in [4.78, 5) is 9.98. The second kappa shape index (κ2) is 11.9. The SMILES string of the molecule is CC.CCCCC(N)=O.NCc1ccc2ccccc2c1.[HH].[HH]. The van der Waals surface area contributed by atoms with E-state index < -0.39 is 0 Å². The van der Waals surface area contributed by atoms with Crippen LogP contribution in [0, 0.1) is 0 Å². The zero-order chi connectivity index (χ0) is 16.1. The Balaban J connectivity index is -0.000000321. The molecule has 0 aliphatic heterocycles. The lowest BCUT2D eigenvalue weighted by molar-refractivity contribution is -0.118. The molecule has 0 saturated carbocycles. The number of nitrogens with two attached hydrogens (primary N) is 2. The van der Waals surface area contributed by atoms with Gasteiger partial charge >= 0.3 is 0 Å². The van der Waals surface area contributed by atoms with Crippen molar-refractivity contribution in [3.8, 4) is 0 Å². The Morgan fingerprint density at radius 1 is 1.10 bits per heavy atom. The predicted molar refractivity (Wildman–Crippen MR) is 96.1 cm³/mol. The van der Waals surface area contributed by atoms with Crippen LogP contribution in [0.2, 0.25) is 0 Å². The maximum Gasteiger partial charge on any atom is 0.217 e. The average molecular weight is 292 g/mol. The van der Waals surface area contributed by atoms with Crippen molar-refractivity contribution in [3.05, 3.63) is 48.0 Å². The molecule has 0 radical (unpaired) electrons. The summed E-state index contributed by atoms with van der Waals surface area (Å²) < 4.78 is 0. The Bertz CT molecular complexity index is 533. The Kier molecular flexibility index (Phi) is 10.9. The van der Waals surface area contributed by atoms with Crippen LogP contribution in [0.3, 0.4) is 0 Å². The Morgan fingerprint density at radius 2 is 1.71 bits per heavy atom. The molecule has 0 spiro atoms. The number of primary amides is 1. The van der Waals surface area contributed by atoms with Gasteiger partial charge in [-0.15, -0.1) is 0 Å². The molecule has 0 atom stereocenters. The molecule has 0 aliphatic rings. The smallest absolute Gasteiger partial charge is 0.217 e. The first-order valence-electron chi connectivity index (χ1n) is 7.63. The van der Waals surface area contributed by atoms with E-state index in [1.807, 2.05) is 32.9 Å². The molecule has 120 valence electrons. The number of carbonyl (C=O) groups excluding carboxylic acids is 1. The molecule has 0 heterocycles. The van der Waals surface area contributed by atoms with Crippen molar-refractivity contribution in [1.82, 2.24) is 0 Å². The van der Waals surface area contributed by atoms with Gasteiger partial charge in [-0.25, -0.2) is 0 Å². The first-order chi connectivity index (χ1) is 10.2. The van der Waals surface area contributed by atoms with Crippen LogP contribution in [-0.4, -0.2) is 5.91 Å². The molecule has 21 heavy (non-hydrogen) atoms. The summed E-state index contributed by atoms with van der Waals surface area (Å²) in [5.41, 5.74) is 11.6. The van der Waals surface area contributed by atoms with Gasteiger partial charge in [0.25, 0.3) is 0 Å². The second-order valence-electron chi connectivity index (χ2n) is 4.46. The van der Waals surface area contributed by atoms with Crippen LogP contribution in [0.15, 0.2) is 42.5 Å². The molecule has 0 saturated heterocycles. The topological polar surface area (TPSA) is 69.1 Å². The molecule has 2 rings (SSSR count). The summed E-state index contributed by atoms with van der Waals surface area (Å²) in [7, 11) is 0. The lowest BCUT2D eigenvalue weighted by Crippen LogP contribution is -2.09. The number of fused-ring (bicyclic) bond motifs is 1. The summed E-state index contributed by atoms with van der Waals surface area (Å²) in [6.07, 6.45) is 2.51. The highest BCUT2D eigenvalue weighted by Crippen LogP contribution is 2.14. The summed E-state index contributed by atoms with van der Waals surface area (Å²) in [6, 6.07) is 14.6. The van der Waals surface area contributed by atoms with Crippen LogP contribution >= 0.6 is 0 Å². The fourth-order valence-corrected chi connectivity index (χ4v) is 1.72. The number of rotatable bonds is 4. The molecular formula is C18H32N2O. The van der Waals surface area contributed by atoms with E-state index in [-0.39, 0.29) is 8.76 Å². The Morgan fingerprint density at radius 3 is 2.19 bits per heavy atom. The van der Waals surface area contributed by atoms with Crippen LogP contribution in [0.25, 0.3) is 10.8 Å². The third-order valence-corrected chi connectivity index (χ3v) is 2.83. The van der Waals surface area contributed by atoms with Gasteiger partial charge < -0.3 is 11.5 Å². The van der Waals surface area contributed by atoms with Gasteiger partial charge in [0, 0.05) is 15.8 Å². The van der Waals surface area contributed by atoms with Gasteiger partial charge in [-0.05, 0) is 28.8 Å². The summed E-state index contributed by atoms with van der Waals surface area (Å²) in [6.45, 7) is 6.65. The largest absolute Gasteiger partial charge is 0.370 e. The van der Waals surface area contributed by atoms with E-state index >= 15 is 0 Å². The molecule has 2 aromatic rings. The van der Waals surface area contributed by atoms with Gasteiger partial charge in [0.15, 0.2) is 0 Å². The van der Waals surface area contributed by atoms with Gasteiger partial charge in [0.05, 0.1) is 0 Å². The molecule has 3 heteroatoms. The molecule has 2 aromatic carbocycles. The van der Waals surface area contributed by atoms with E-state index in [0.29, 0.717) is 13.0 Å². The minimum absolute atomic E-state index is 0. The molecule has 0 aliphatic carbocycles. The minimum Gasteiger partial charge on any atom is -0.370 e. The summed E-state index contributed by atoms with van der Waals surface area (Å²) in [5, 5.41) is 2.54. The molecule has 0 aromatic heterocycles. The highest BCUT2D eigenvalue weighted by molar-refractivity contribution is 5.82. The lowest BCUT2D eigenvalue weighted by atomic mass is 10.1. The molecule has 0 unspecified atom stereocenters. The van der Waals surface area contributed by atoms with Crippen molar-refractivity contribution in [2.24, 2.45) is 11.5 Å². The van der Waals surface area contributed by atoms with Crippen molar-refractivity contribution in [3.63, 3.8) is 0 Å². The number of hydrogen-bond donors (Lipinski definition) is 2. The fourth-order valence-electron chi connectivity index (χ4n) is 1.72. The molecule has 0 fully saturated rings. The van der Waals surface area contributed by atoms with Crippen molar-refractivity contribution in [2.45, 2.75) is 46.6 Å². The monoisotopic (exact) mass is 292 g/mol. The van der Waals surface area contributed by atoms with E-state index in [9.17, 15) is 4.79 Å². The predicted octanol–water partition coefficient (Wildman–Crippen LogP) is 4.48. The Hall–Kier alpha value is -1.87. The number of unbranched alkanes of at least 4 members (excludes halogenated alkanes) is 1. The first-order valence-corrected chi connectivity index (χ1v) is 7.63. The first kappa shape index (κ1) is 19.1.